The fourth-order valence-electron chi connectivity index (χ4n) is 9.30. The van der Waals surface area contributed by atoms with Crippen LogP contribution in [0, 0.1) is 0 Å². The second kappa shape index (κ2) is 17.7. The van der Waals surface area contributed by atoms with Crippen molar-refractivity contribution in [3.05, 3.63) is 261 Å². The van der Waals surface area contributed by atoms with Crippen molar-refractivity contribution in [2.24, 2.45) is 0 Å². The van der Waals surface area contributed by atoms with Gasteiger partial charge in [0.2, 0.25) is 0 Å². The zero-order valence-electron chi connectivity index (χ0n) is 37.1. The second-order valence-electron chi connectivity index (χ2n) is 17.0. The monoisotopic (exact) mass is 869 g/mol. The highest BCUT2D eigenvalue weighted by molar-refractivity contribution is 6.13. The number of fused-ring (bicyclic) bond motifs is 3. The number of furan rings is 1. The molecule has 0 aliphatic carbocycles. The Morgan fingerprint density at radius 3 is 1.32 bits per heavy atom. The summed E-state index contributed by atoms with van der Waals surface area (Å²) in [5.41, 5.74) is 18.6. The molecule has 4 heteroatoms. The van der Waals surface area contributed by atoms with Crippen LogP contribution in [0.15, 0.2) is 265 Å². The molecule has 2 aromatic heterocycles. The molecular weight excluding hydrogens is 827 g/mol. The quantitative estimate of drug-likeness (QED) is 0.137. The van der Waals surface area contributed by atoms with Gasteiger partial charge < -0.3 is 9.32 Å². The minimum Gasteiger partial charge on any atom is -0.456 e. The van der Waals surface area contributed by atoms with Crippen LogP contribution >= 0.6 is 0 Å². The lowest BCUT2D eigenvalue weighted by atomic mass is 9.97. The van der Waals surface area contributed by atoms with Crippen LogP contribution in [-0.4, -0.2) is 9.97 Å². The molecule has 10 aromatic carbocycles. The van der Waals surface area contributed by atoms with Crippen molar-refractivity contribution >= 4 is 39.0 Å². The Kier molecular flexibility index (Phi) is 10.5. The van der Waals surface area contributed by atoms with Crippen molar-refractivity contribution in [1.29, 1.82) is 0 Å². The van der Waals surface area contributed by atoms with Gasteiger partial charge in [-0.2, -0.15) is 0 Å². The number of hydrogen-bond acceptors (Lipinski definition) is 4. The molecule has 2 heterocycles. The summed E-state index contributed by atoms with van der Waals surface area (Å²) in [6.07, 6.45) is 0. The van der Waals surface area contributed by atoms with Gasteiger partial charge in [-0.25, -0.2) is 9.97 Å². The summed E-state index contributed by atoms with van der Waals surface area (Å²) < 4.78 is 6.77. The van der Waals surface area contributed by atoms with Crippen molar-refractivity contribution < 1.29 is 4.42 Å². The summed E-state index contributed by atoms with van der Waals surface area (Å²) in [5.74, 6) is 0.663. The molecule has 0 spiro atoms. The van der Waals surface area contributed by atoms with Gasteiger partial charge in [0.05, 0.1) is 11.4 Å². The normalized spacial score (nSPS) is 11.2. The average molecular weight is 870 g/mol. The third-order valence-corrected chi connectivity index (χ3v) is 12.7. The molecule has 0 bridgehead atoms. The molecule has 0 saturated carbocycles. The zero-order valence-corrected chi connectivity index (χ0v) is 37.1. The fraction of sp³-hybridized carbons (Fsp3) is 0. The average Bonchev–Trinajstić information content (AvgIpc) is 3.81. The number of hydrogen-bond donors (Lipinski definition) is 0. The molecule has 68 heavy (non-hydrogen) atoms. The van der Waals surface area contributed by atoms with Crippen molar-refractivity contribution in [2.75, 3.05) is 4.90 Å². The van der Waals surface area contributed by atoms with Gasteiger partial charge in [0.15, 0.2) is 5.82 Å². The highest BCUT2D eigenvalue weighted by Crippen LogP contribution is 2.43. The summed E-state index contributed by atoms with van der Waals surface area (Å²) in [7, 11) is 0. The van der Waals surface area contributed by atoms with E-state index in [1.165, 1.54) is 22.3 Å². The van der Waals surface area contributed by atoms with Gasteiger partial charge in [-0.3, -0.25) is 0 Å². The molecule has 4 nitrogen and oxygen atoms in total. The third-order valence-electron chi connectivity index (χ3n) is 12.7. The predicted octanol–water partition coefficient (Wildman–Crippen LogP) is 17.5. The zero-order chi connectivity index (χ0) is 45.2. The Morgan fingerprint density at radius 2 is 0.721 bits per heavy atom. The van der Waals surface area contributed by atoms with Crippen LogP contribution in [0.3, 0.4) is 0 Å². The Balaban J connectivity index is 0.938. The topological polar surface area (TPSA) is 42.2 Å². The van der Waals surface area contributed by atoms with Crippen molar-refractivity contribution in [2.45, 2.75) is 0 Å². The Bertz CT molecular complexity index is 3620. The van der Waals surface area contributed by atoms with E-state index in [1.807, 2.05) is 12.1 Å². The summed E-state index contributed by atoms with van der Waals surface area (Å²) in [5, 5.41) is 2.11. The van der Waals surface area contributed by atoms with Crippen LogP contribution in [-0.2, 0) is 0 Å². The van der Waals surface area contributed by atoms with Gasteiger partial charge in [0.1, 0.15) is 11.2 Å². The van der Waals surface area contributed by atoms with Gasteiger partial charge >= 0.3 is 0 Å². The number of aromatic nitrogens is 2. The molecular formula is C64H43N3O. The van der Waals surface area contributed by atoms with Crippen LogP contribution in [0.4, 0.5) is 17.1 Å². The van der Waals surface area contributed by atoms with Gasteiger partial charge in [-0.1, -0.05) is 194 Å². The largest absolute Gasteiger partial charge is 0.456 e. The predicted molar refractivity (Wildman–Crippen MR) is 282 cm³/mol. The lowest BCUT2D eigenvalue weighted by Gasteiger charge is -2.26. The van der Waals surface area contributed by atoms with Crippen LogP contribution in [0.1, 0.15) is 0 Å². The van der Waals surface area contributed by atoms with E-state index >= 15 is 0 Å². The van der Waals surface area contributed by atoms with Gasteiger partial charge in [-0.05, 0) is 105 Å². The number of rotatable bonds is 10. The molecule has 0 N–H and O–H groups in total. The highest BCUT2D eigenvalue weighted by atomic mass is 16.3. The van der Waals surface area contributed by atoms with Gasteiger partial charge in [-0.15, -0.1) is 0 Å². The molecule has 0 fully saturated rings. The molecule has 0 aliphatic heterocycles. The van der Waals surface area contributed by atoms with E-state index < -0.39 is 0 Å². The third kappa shape index (κ3) is 7.91. The van der Waals surface area contributed by atoms with E-state index in [4.69, 9.17) is 14.4 Å². The Morgan fingerprint density at radius 1 is 0.279 bits per heavy atom. The standard InChI is InChI=1S/C64H43N3O/c1-5-16-44(17-6-1)47-30-34-54(35-31-47)67(55-36-32-48(33-37-55)45-18-7-2-8-19-45)56-38-39-58-62(42-56)68-61-29-15-28-57(63(58)61)51-25-14-27-53(41-51)64-65-59(49-22-11-4-12-23-49)43-60(66-64)52-26-13-24-50(40-52)46-20-9-3-10-21-46/h1-43H. The Labute approximate surface area is 395 Å². The molecule has 0 radical (unpaired) electrons. The lowest BCUT2D eigenvalue weighted by molar-refractivity contribution is 0.669. The van der Waals surface area contributed by atoms with E-state index in [-0.39, 0.29) is 0 Å². The van der Waals surface area contributed by atoms with Crippen LogP contribution in [0.25, 0.3) is 100 Å². The van der Waals surface area contributed by atoms with Gasteiger partial charge in [0.25, 0.3) is 0 Å². The van der Waals surface area contributed by atoms with Gasteiger partial charge in [0, 0.05) is 50.6 Å². The van der Waals surface area contributed by atoms with Crippen molar-refractivity contribution in [3.63, 3.8) is 0 Å². The second-order valence-corrected chi connectivity index (χ2v) is 17.0. The van der Waals surface area contributed by atoms with E-state index in [9.17, 15) is 0 Å². The SMILES string of the molecule is c1ccc(-c2ccc(N(c3ccc(-c4ccccc4)cc3)c3ccc4c(c3)oc3cccc(-c5cccc(-c6nc(-c7ccccc7)cc(-c7cccc(-c8ccccc8)c7)n6)c5)c34)cc2)cc1. The van der Waals surface area contributed by atoms with E-state index in [2.05, 4.69) is 254 Å². The first-order valence-corrected chi connectivity index (χ1v) is 23.0. The number of anilines is 3. The van der Waals surface area contributed by atoms with Crippen LogP contribution in [0.2, 0.25) is 0 Å². The maximum absolute atomic E-state index is 6.77. The smallest absolute Gasteiger partial charge is 0.160 e. The molecule has 12 aromatic rings. The summed E-state index contributed by atoms with van der Waals surface area (Å²) >= 11 is 0. The molecule has 320 valence electrons. The molecule has 0 unspecified atom stereocenters. The van der Waals surface area contributed by atoms with E-state index in [0.29, 0.717) is 5.82 Å². The molecule has 0 saturated heterocycles. The van der Waals surface area contributed by atoms with E-state index in [0.717, 1.165) is 89.3 Å². The lowest BCUT2D eigenvalue weighted by Crippen LogP contribution is -2.09. The number of benzene rings is 10. The first-order valence-electron chi connectivity index (χ1n) is 23.0. The highest BCUT2D eigenvalue weighted by Gasteiger charge is 2.19. The summed E-state index contributed by atoms with van der Waals surface area (Å²) in [6.45, 7) is 0. The van der Waals surface area contributed by atoms with Crippen LogP contribution < -0.4 is 4.90 Å². The minimum absolute atomic E-state index is 0.663. The van der Waals surface area contributed by atoms with Crippen LogP contribution in [0.5, 0.6) is 0 Å². The molecule has 12 rings (SSSR count). The molecule has 0 atom stereocenters. The molecule has 0 aliphatic rings. The first-order chi connectivity index (χ1) is 33.7. The molecule has 0 amide bonds. The van der Waals surface area contributed by atoms with E-state index in [1.54, 1.807) is 0 Å². The maximum atomic E-state index is 6.77. The van der Waals surface area contributed by atoms with Crippen molar-refractivity contribution in [1.82, 2.24) is 9.97 Å². The van der Waals surface area contributed by atoms with Crippen molar-refractivity contribution in [3.8, 4) is 78.4 Å². The maximum Gasteiger partial charge on any atom is 0.160 e. The fourth-order valence-corrected chi connectivity index (χ4v) is 9.30. The minimum atomic E-state index is 0.663. The number of nitrogens with zero attached hydrogens (tertiary/aromatic N) is 3. The first kappa shape index (κ1) is 40.4. The summed E-state index contributed by atoms with van der Waals surface area (Å²) in [4.78, 5) is 12.8. The summed E-state index contributed by atoms with van der Waals surface area (Å²) in [6, 6.07) is 91.6. The Hall–Kier alpha value is -9.12.